The van der Waals surface area contributed by atoms with E-state index in [-0.39, 0.29) is 19.8 Å². The Morgan fingerprint density at radius 2 is 1.11 bits per heavy atom. The summed E-state index contributed by atoms with van der Waals surface area (Å²) in [5.74, 6) is 0. The van der Waals surface area contributed by atoms with Gasteiger partial charge < -0.3 is 19.8 Å². The molecule has 1 aliphatic carbocycles. The number of aliphatic hydroxyl groups is 3. The second-order valence-corrected chi connectivity index (χ2v) is 5.91. The summed E-state index contributed by atoms with van der Waals surface area (Å²) in [7, 11) is 0. The van der Waals surface area contributed by atoms with Crippen LogP contribution in [0.4, 0.5) is 0 Å². The Balaban J connectivity index is 2.73. The molecule has 0 spiro atoms. The van der Waals surface area contributed by atoms with Crippen LogP contribution < -0.4 is 0 Å². The molecule has 1 fully saturated rings. The summed E-state index contributed by atoms with van der Waals surface area (Å²) in [6.45, 7) is 3.68. The molecule has 0 heterocycles. The summed E-state index contributed by atoms with van der Waals surface area (Å²) in [5, 5.41) is 27.5. The molecule has 0 atom stereocenters. The molecule has 0 aromatic heterocycles. The van der Waals surface area contributed by atoms with Crippen molar-refractivity contribution in [2.45, 2.75) is 57.4 Å². The molecule has 19 heavy (non-hydrogen) atoms. The predicted octanol–water partition coefficient (Wildman–Crippen LogP) is 1.28. The lowest BCUT2D eigenvalue weighted by atomic mass is 9.91. The molecule has 3 N–H and O–H groups in total. The van der Waals surface area contributed by atoms with E-state index >= 15 is 0 Å². The highest BCUT2D eigenvalue weighted by Gasteiger charge is 2.36. The molecule has 0 aromatic carbocycles. The van der Waals surface area contributed by atoms with Gasteiger partial charge in [0.1, 0.15) is 0 Å². The number of hydrogen-bond donors (Lipinski definition) is 3. The zero-order valence-corrected chi connectivity index (χ0v) is 12.3. The summed E-state index contributed by atoms with van der Waals surface area (Å²) in [5.41, 5.74) is 0. The second-order valence-electron chi connectivity index (χ2n) is 5.91. The van der Waals surface area contributed by atoms with Crippen LogP contribution in [-0.4, -0.2) is 65.3 Å². The maximum absolute atomic E-state index is 9.17. The van der Waals surface area contributed by atoms with Crippen molar-refractivity contribution < 1.29 is 19.8 Å². The smallest absolute Gasteiger partial charge is 0.0890 e. The number of quaternary nitrogens is 1. The lowest BCUT2D eigenvalue weighted by Gasteiger charge is -2.47. The largest absolute Gasteiger partial charge is 0.396 e. The van der Waals surface area contributed by atoms with Gasteiger partial charge in [0.25, 0.3) is 0 Å². The second kappa shape index (κ2) is 9.70. The number of hydrogen-bond acceptors (Lipinski definition) is 3. The van der Waals surface area contributed by atoms with Gasteiger partial charge in [-0.05, 0) is 25.7 Å². The molecular weight excluding hydrogens is 242 g/mol. The molecule has 0 bridgehead atoms. The summed E-state index contributed by atoms with van der Waals surface area (Å²) in [4.78, 5) is 0. The van der Waals surface area contributed by atoms with Crippen LogP contribution in [0.1, 0.15) is 51.4 Å². The van der Waals surface area contributed by atoms with Crippen LogP contribution in [0.2, 0.25) is 0 Å². The third-order valence-electron chi connectivity index (χ3n) is 4.63. The third-order valence-corrected chi connectivity index (χ3v) is 4.63. The lowest BCUT2D eigenvalue weighted by Crippen LogP contribution is -2.58. The maximum Gasteiger partial charge on any atom is 0.0890 e. The monoisotopic (exact) mass is 274 g/mol. The molecule has 0 saturated heterocycles. The van der Waals surface area contributed by atoms with E-state index in [1.807, 2.05) is 0 Å². The van der Waals surface area contributed by atoms with E-state index in [9.17, 15) is 15.3 Å². The quantitative estimate of drug-likeness (QED) is 0.526. The molecule has 0 aliphatic heterocycles. The highest BCUT2D eigenvalue weighted by molar-refractivity contribution is 4.68. The van der Waals surface area contributed by atoms with Gasteiger partial charge in [-0.2, -0.15) is 0 Å². The van der Waals surface area contributed by atoms with Gasteiger partial charge in [-0.25, -0.2) is 0 Å². The minimum Gasteiger partial charge on any atom is -0.396 e. The first-order valence-electron chi connectivity index (χ1n) is 7.97. The fraction of sp³-hybridized carbons (Fsp3) is 1.00. The van der Waals surface area contributed by atoms with Crippen molar-refractivity contribution in [1.29, 1.82) is 0 Å². The first-order chi connectivity index (χ1) is 9.29. The summed E-state index contributed by atoms with van der Waals surface area (Å²) in [6, 6.07) is 0.665. The van der Waals surface area contributed by atoms with E-state index in [4.69, 9.17) is 0 Å². The normalized spacial score (nSPS) is 17.8. The Labute approximate surface area is 117 Å². The minimum absolute atomic E-state index is 0.241. The number of rotatable bonds is 10. The molecule has 4 heteroatoms. The van der Waals surface area contributed by atoms with Crippen molar-refractivity contribution in [3.63, 3.8) is 0 Å². The van der Waals surface area contributed by atoms with Crippen LogP contribution in [-0.2, 0) is 0 Å². The van der Waals surface area contributed by atoms with Gasteiger partial charge in [0.05, 0.1) is 25.7 Å². The Kier molecular flexibility index (Phi) is 8.62. The SMILES string of the molecule is OCCC[N+](CCCO)(CCCO)C1CCCCC1. The van der Waals surface area contributed by atoms with Crippen molar-refractivity contribution in [2.75, 3.05) is 39.5 Å². The first kappa shape index (κ1) is 16.9. The predicted molar refractivity (Wildman–Crippen MR) is 76.8 cm³/mol. The summed E-state index contributed by atoms with van der Waals surface area (Å²) in [6.07, 6.45) is 8.97. The van der Waals surface area contributed by atoms with Crippen molar-refractivity contribution in [2.24, 2.45) is 0 Å². The maximum atomic E-state index is 9.17. The van der Waals surface area contributed by atoms with E-state index in [2.05, 4.69) is 0 Å². The van der Waals surface area contributed by atoms with Crippen LogP contribution in [0.15, 0.2) is 0 Å². The molecule has 0 aromatic rings. The van der Waals surface area contributed by atoms with E-state index in [0.717, 1.165) is 43.4 Å². The highest BCUT2D eigenvalue weighted by Crippen LogP contribution is 2.29. The van der Waals surface area contributed by atoms with Crippen LogP contribution in [0, 0.1) is 0 Å². The van der Waals surface area contributed by atoms with Gasteiger partial charge >= 0.3 is 0 Å². The van der Waals surface area contributed by atoms with Gasteiger partial charge in [0.2, 0.25) is 0 Å². The third kappa shape index (κ3) is 5.38. The van der Waals surface area contributed by atoms with Gasteiger partial charge in [-0.1, -0.05) is 6.42 Å². The number of aliphatic hydroxyl groups excluding tert-OH is 3. The van der Waals surface area contributed by atoms with Gasteiger partial charge in [0.15, 0.2) is 0 Å². The van der Waals surface area contributed by atoms with E-state index in [1.165, 1.54) is 32.1 Å². The molecule has 0 amide bonds. The topological polar surface area (TPSA) is 60.7 Å². The average Bonchev–Trinajstić information content (AvgIpc) is 2.48. The Hall–Kier alpha value is -0.160. The van der Waals surface area contributed by atoms with E-state index < -0.39 is 0 Å². The van der Waals surface area contributed by atoms with Crippen LogP contribution in [0.25, 0.3) is 0 Å². The first-order valence-corrected chi connectivity index (χ1v) is 7.97. The zero-order valence-electron chi connectivity index (χ0n) is 12.3. The number of nitrogens with zero attached hydrogens (tertiary/aromatic N) is 1. The molecule has 4 nitrogen and oxygen atoms in total. The van der Waals surface area contributed by atoms with Gasteiger partial charge in [0, 0.05) is 39.1 Å². The fourth-order valence-corrected chi connectivity index (χ4v) is 3.67. The average molecular weight is 274 g/mol. The minimum atomic E-state index is 0.241. The molecule has 0 radical (unpaired) electrons. The van der Waals surface area contributed by atoms with Crippen LogP contribution >= 0.6 is 0 Å². The molecule has 114 valence electrons. The van der Waals surface area contributed by atoms with Crippen molar-refractivity contribution >= 4 is 0 Å². The van der Waals surface area contributed by atoms with Crippen molar-refractivity contribution in [1.82, 2.24) is 0 Å². The van der Waals surface area contributed by atoms with Gasteiger partial charge in [-0.15, -0.1) is 0 Å². The molecule has 0 unspecified atom stereocenters. The van der Waals surface area contributed by atoms with Crippen molar-refractivity contribution in [3.05, 3.63) is 0 Å². The molecule has 1 aliphatic rings. The van der Waals surface area contributed by atoms with Crippen molar-refractivity contribution in [3.8, 4) is 0 Å². The Bertz CT molecular complexity index is 196. The summed E-state index contributed by atoms with van der Waals surface area (Å²) < 4.78 is 1.00. The molecular formula is C15H32NO3+. The highest BCUT2D eigenvalue weighted by atomic mass is 16.3. The van der Waals surface area contributed by atoms with E-state index in [0.29, 0.717) is 6.04 Å². The van der Waals surface area contributed by atoms with E-state index in [1.54, 1.807) is 0 Å². The standard InChI is InChI=1S/C15H32NO3/c17-12-4-9-16(10-5-13-18,11-6-14-19)15-7-2-1-3-8-15/h15,17-19H,1-14H2/q+1. The van der Waals surface area contributed by atoms with Crippen LogP contribution in [0.3, 0.4) is 0 Å². The van der Waals surface area contributed by atoms with Crippen LogP contribution in [0.5, 0.6) is 0 Å². The Morgan fingerprint density at radius 3 is 1.47 bits per heavy atom. The molecule has 1 rings (SSSR count). The summed E-state index contributed by atoms with van der Waals surface area (Å²) >= 11 is 0. The molecule has 1 saturated carbocycles. The van der Waals surface area contributed by atoms with Gasteiger partial charge in [-0.3, -0.25) is 0 Å². The fourth-order valence-electron chi connectivity index (χ4n) is 3.67. The zero-order chi connectivity index (χ0) is 14.0. The lowest BCUT2D eigenvalue weighted by molar-refractivity contribution is -0.953. The Morgan fingerprint density at radius 1 is 0.684 bits per heavy atom.